The highest BCUT2D eigenvalue weighted by Crippen LogP contribution is 2.28. The van der Waals surface area contributed by atoms with Crippen molar-refractivity contribution in [2.45, 2.75) is 32.4 Å². The van der Waals surface area contributed by atoms with Gasteiger partial charge >= 0.3 is 5.97 Å². The second kappa shape index (κ2) is 6.78. The van der Waals surface area contributed by atoms with Gasteiger partial charge < -0.3 is 14.0 Å². The Kier molecular flexibility index (Phi) is 4.32. The summed E-state index contributed by atoms with van der Waals surface area (Å²) in [6.45, 7) is 2.49. The zero-order chi connectivity index (χ0) is 18.1. The van der Waals surface area contributed by atoms with Crippen LogP contribution in [0.15, 0.2) is 42.5 Å². The van der Waals surface area contributed by atoms with Crippen molar-refractivity contribution in [3.8, 4) is 5.75 Å². The first-order valence-electron chi connectivity index (χ1n) is 8.81. The van der Waals surface area contributed by atoms with Crippen LogP contribution in [-0.4, -0.2) is 27.8 Å². The Morgan fingerprint density at radius 2 is 2.00 bits per heavy atom. The summed E-state index contributed by atoms with van der Waals surface area (Å²) in [5, 5.41) is 10.9. The van der Waals surface area contributed by atoms with Gasteiger partial charge in [0.1, 0.15) is 11.6 Å². The smallest absolute Gasteiger partial charge is 0.310 e. The van der Waals surface area contributed by atoms with Crippen LogP contribution in [0.5, 0.6) is 5.75 Å². The number of aromatic nitrogens is 3. The van der Waals surface area contributed by atoms with Gasteiger partial charge in [-0.15, -0.1) is 10.2 Å². The average molecular weight is 351 g/mol. The number of esters is 1. The van der Waals surface area contributed by atoms with Crippen molar-refractivity contribution in [2.75, 3.05) is 7.11 Å². The number of ether oxygens (including phenoxy) is 2. The molecule has 2 aromatic carbocycles. The van der Waals surface area contributed by atoms with Crippen LogP contribution in [-0.2, 0) is 22.5 Å². The summed E-state index contributed by atoms with van der Waals surface area (Å²) in [7, 11) is 1.43. The molecule has 6 nitrogen and oxygen atoms in total. The van der Waals surface area contributed by atoms with E-state index >= 15 is 0 Å². The molecule has 0 amide bonds. The molecule has 0 bridgehead atoms. The Morgan fingerprint density at radius 1 is 1.19 bits per heavy atom. The fourth-order valence-electron chi connectivity index (χ4n) is 3.51. The molecule has 0 saturated heterocycles. The van der Waals surface area contributed by atoms with E-state index in [0.717, 1.165) is 35.6 Å². The molecular weight excluding hydrogens is 330 g/mol. The van der Waals surface area contributed by atoms with Crippen LogP contribution in [0, 0.1) is 5.92 Å². The van der Waals surface area contributed by atoms with E-state index in [4.69, 9.17) is 9.47 Å². The molecule has 0 saturated carbocycles. The molecule has 2 heterocycles. The maximum Gasteiger partial charge on any atom is 0.310 e. The molecule has 0 radical (unpaired) electrons. The molecule has 2 unspecified atom stereocenters. The Bertz CT molecular complexity index is 950. The first kappa shape index (κ1) is 16.6. The lowest BCUT2D eigenvalue weighted by molar-refractivity contribution is -0.146. The zero-order valence-electron chi connectivity index (χ0n) is 14.9. The molecule has 6 heteroatoms. The summed E-state index contributed by atoms with van der Waals surface area (Å²) in [5.74, 6) is 2.08. The van der Waals surface area contributed by atoms with Crippen molar-refractivity contribution < 1.29 is 14.3 Å². The summed E-state index contributed by atoms with van der Waals surface area (Å²) in [6.07, 6.45) is 1.19. The van der Waals surface area contributed by atoms with E-state index < -0.39 is 0 Å². The summed E-state index contributed by atoms with van der Waals surface area (Å²) >= 11 is 0. The third-order valence-corrected chi connectivity index (χ3v) is 4.91. The molecule has 26 heavy (non-hydrogen) atoms. The predicted molar refractivity (Wildman–Crippen MR) is 96.8 cm³/mol. The predicted octanol–water partition coefficient (Wildman–Crippen LogP) is 3.31. The highest BCUT2D eigenvalue weighted by atomic mass is 16.5. The molecule has 0 fully saturated rings. The third kappa shape index (κ3) is 3.03. The van der Waals surface area contributed by atoms with E-state index in [0.29, 0.717) is 6.54 Å². The van der Waals surface area contributed by atoms with Crippen LogP contribution in [0.3, 0.4) is 0 Å². The minimum absolute atomic E-state index is 0.157. The number of nitrogens with zero attached hydrogens (tertiary/aromatic N) is 3. The fraction of sp³-hybridized carbons (Fsp3) is 0.350. The Hall–Kier alpha value is -2.89. The van der Waals surface area contributed by atoms with E-state index in [2.05, 4.69) is 22.3 Å². The fourth-order valence-corrected chi connectivity index (χ4v) is 3.51. The van der Waals surface area contributed by atoms with Crippen LogP contribution in [0.4, 0.5) is 0 Å². The monoisotopic (exact) mass is 351 g/mol. The van der Waals surface area contributed by atoms with Gasteiger partial charge in [0.25, 0.3) is 0 Å². The number of hydrogen-bond donors (Lipinski definition) is 0. The standard InChI is InChI=1S/C20H21N3O3/c1-13(26-17-9-7-14-5-3-4-6-15(14)11-17)19-22-21-18-10-8-16(12-23(18)19)20(24)25-2/h3-7,9,11,13,16H,8,10,12H2,1-2H3. The van der Waals surface area contributed by atoms with Gasteiger partial charge in [-0.25, -0.2) is 0 Å². The Morgan fingerprint density at radius 3 is 2.81 bits per heavy atom. The highest BCUT2D eigenvalue weighted by molar-refractivity contribution is 5.83. The normalized spacial score (nSPS) is 17.5. The van der Waals surface area contributed by atoms with Gasteiger partial charge in [-0.2, -0.15) is 0 Å². The summed E-state index contributed by atoms with van der Waals surface area (Å²) in [4.78, 5) is 11.9. The Labute approximate surface area is 151 Å². The van der Waals surface area contributed by atoms with Crippen molar-refractivity contribution in [1.29, 1.82) is 0 Å². The molecule has 0 aliphatic carbocycles. The number of aryl methyl sites for hydroxylation is 1. The maximum atomic E-state index is 11.9. The minimum Gasteiger partial charge on any atom is -0.483 e. The van der Waals surface area contributed by atoms with Gasteiger partial charge in [0.2, 0.25) is 0 Å². The lowest BCUT2D eigenvalue weighted by atomic mass is 9.99. The van der Waals surface area contributed by atoms with Gasteiger partial charge in [0, 0.05) is 13.0 Å². The number of hydrogen-bond acceptors (Lipinski definition) is 5. The molecule has 1 aromatic heterocycles. The van der Waals surface area contributed by atoms with E-state index in [9.17, 15) is 4.79 Å². The minimum atomic E-state index is -0.270. The molecule has 1 aliphatic rings. The Balaban J connectivity index is 1.56. The lowest BCUT2D eigenvalue weighted by Gasteiger charge is -2.24. The zero-order valence-corrected chi connectivity index (χ0v) is 14.9. The van der Waals surface area contributed by atoms with Gasteiger partial charge in [-0.05, 0) is 36.2 Å². The molecule has 134 valence electrons. The first-order chi connectivity index (χ1) is 12.7. The molecule has 3 aromatic rings. The maximum absolute atomic E-state index is 11.9. The number of fused-ring (bicyclic) bond motifs is 2. The summed E-state index contributed by atoms with van der Waals surface area (Å²) < 4.78 is 13.0. The molecule has 0 N–H and O–H groups in total. The first-order valence-corrected chi connectivity index (χ1v) is 8.81. The lowest BCUT2D eigenvalue weighted by Crippen LogP contribution is -2.29. The van der Waals surface area contributed by atoms with Gasteiger partial charge in [0.15, 0.2) is 11.9 Å². The van der Waals surface area contributed by atoms with Gasteiger partial charge in [-0.3, -0.25) is 4.79 Å². The van der Waals surface area contributed by atoms with Crippen LogP contribution >= 0.6 is 0 Å². The van der Waals surface area contributed by atoms with Gasteiger partial charge in [-0.1, -0.05) is 30.3 Å². The van der Waals surface area contributed by atoms with Crippen molar-refractivity contribution in [3.05, 3.63) is 54.1 Å². The highest BCUT2D eigenvalue weighted by Gasteiger charge is 2.30. The van der Waals surface area contributed by atoms with Gasteiger partial charge in [0.05, 0.1) is 13.0 Å². The van der Waals surface area contributed by atoms with Crippen LogP contribution in [0.1, 0.15) is 31.1 Å². The second-order valence-corrected chi connectivity index (χ2v) is 6.61. The average Bonchev–Trinajstić information content (AvgIpc) is 3.10. The topological polar surface area (TPSA) is 66.2 Å². The molecular formula is C20H21N3O3. The number of carbonyl (C=O) groups is 1. The number of rotatable bonds is 4. The molecule has 2 atom stereocenters. The van der Waals surface area contributed by atoms with Crippen molar-refractivity contribution >= 4 is 16.7 Å². The molecule has 0 spiro atoms. The number of carbonyl (C=O) groups excluding carboxylic acids is 1. The second-order valence-electron chi connectivity index (χ2n) is 6.61. The molecule has 1 aliphatic heterocycles. The summed E-state index contributed by atoms with van der Waals surface area (Å²) in [5.41, 5.74) is 0. The summed E-state index contributed by atoms with van der Waals surface area (Å²) in [6, 6.07) is 14.2. The SMILES string of the molecule is COC(=O)C1CCc2nnc(C(C)Oc3ccc4ccccc4c3)n2C1. The van der Waals surface area contributed by atoms with Crippen molar-refractivity contribution in [3.63, 3.8) is 0 Å². The van der Waals surface area contributed by atoms with Crippen LogP contribution in [0.25, 0.3) is 10.8 Å². The number of benzene rings is 2. The van der Waals surface area contributed by atoms with E-state index in [1.807, 2.05) is 41.8 Å². The van der Waals surface area contributed by atoms with Crippen LogP contribution < -0.4 is 4.74 Å². The van der Waals surface area contributed by atoms with Crippen molar-refractivity contribution in [1.82, 2.24) is 14.8 Å². The van der Waals surface area contributed by atoms with E-state index in [1.54, 1.807) is 0 Å². The largest absolute Gasteiger partial charge is 0.483 e. The van der Waals surface area contributed by atoms with Crippen LogP contribution in [0.2, 0.25) is 0 Å². The van der Waals surface area contributed by atoms with E-state index in [-0.39, 0.29) is 18.0 Å². The quantitative estimate of drug-likeness (QED) is 0.675. The third-order valence-electron chi connectivity index (χ3n) is 4.91. The number of methoxy groups -OCH3 is 1. The van der Waals surface area contributed by atoms with E-state index in [1.165, 1.54) is 12.5 Å². The molecule has 4 rings (SSSR count). The van der Waals surface area contributed by atoms with Crippen molar-refractivity contribution in [2.24, 2.45) is 5.92 Å².